The van der Waals surface area contributed by atoms with Crippen molar-refractivity contribution in [1.82, 2.24) is 9.88 Å². The average Bonchev–Trinajstić information content (AvgIpc) is 2.68. The first kappa shape index (κ1) is 18.8. The van der Waals surface area contributed by atoms with Gasteiger partial charge in [0, 0.05) is 42.5 Å². The molecule has 0 radical (unpaired) electrons. The highest BCUT2D eigenvalue weighted by Gasteiger charge is 2.22. The zero-order chi connectivity index (χ0) is 19.6. The molecule has 0 amide bonds. The first-order valence-corrected chi connectivity index (χ1v) is 8.69. The summed E-state index contributed by atoms with van der Waals surface area (Å²) in [4.78, 5) is 18.0. The number of anilines is 1. The minimum absolute atomic E-state index is 0.0125. The van der Waals surface area contributed by atoms with Gasteiger partial charge in [0.15, 0.2) is 12.0 Å². The number of rotatable bonds is 6. The number of pyridine rings is 1. The molecule has 2 N–H and O–H groups in total. The Hall–Kier alpha value is -2.99. The second-order valence-electron chi connectivity index (χ2n) is 6.53. The van der Waals surface area contributed by atoms with Crippen LogP contribution in [0, 0.1) is 5.82 Å². The summed E-state index contributed by atoms with van der Waals surface area (Å²) >= 11 is 0. The van der Waals surface area contributed by atoms with Gasteiger partial charge in [0.2, 0.25) is 0 Å². The van der Waals surface area contributed by atoms with Gasteiger partial charge in [-0.2, -0.15) is 0 Å². The SMILES string of the molecule is CNc1c(CN(C)C(C)c2ccc(F)cc2)c(C=O)c(O)c2ncccc12. The van der Waals surface area contributed by atoms with Crippen molar-refractivity contribution in [3.63, 3.8) is 0 Å². The van der Waals surface area contributed by atoms with Gasteiger partial charge in [-0.15, -0.1) is 0 Å². The van der Waals surface area contributed by atoms with Gasteiger partial charge in [-0.05, 0) is 43.8 Å². The van der Waals surface area contributed by atoms with E-state index in [4.69, 9.17) is 0 Å². The van der Waals surface area contributed by atoms with Crippen LogP contribution in [0.4, 0.5) is 10.1 Å². The molecule has 6 heteroatoms. The number of aldehydes is 1. The van der Waals surface area contributed by atoms with Crippen molar-refractivity contribution in [2.45, 2.75) is 19.5 Å². The number of hydrogen-bond acceptors (Lipinski definition) is 5. The number of nitrogens with one attached hydrogen (secondary N) is 1. The van der Waals surface area contributed by atoms with Gasteiger partial charge in [-0.3, -0.25) is 14.7 Å². The summed E-state index contributed by atoms with van der Waals surface area (Å²) < 4.78 is 13.2. The fourth-order valence-electron chi connectivity index (χ4n) is 3.32. The Morgan fingerprint density at radius 3 is 2.63 bits per heavy atom. The van der Waals surface area contributed by atoms with Crippen LogP contribution in [-0.2, 0) is 6.54 Å². The minimum Gasteiger partial charge on any atom is -0.505 e. The van der Waals surface area contributed by atoms with Crippen LogP contribution >= 0.6 is 0 Å². The Morgan fingerprint density at radius 1 is 1.30 bits per heavy atom. The van der Waals surface area contributed by atoms with E-state index in [-0.39, 0.29) is 23.2 Å². The number of fused-ring (bicyclic) bond motifs is 1. The summed E-state index contributed by atoms with van der Waals surface area (Å²) in [6, 6.07) is 10.00. The van der Waals surface area contributed by atoms with Crippen LogP contribution < -0.4 is 5.32 Å². The van der Waals surface area contributed by atoms with Crippen LogP contribution in [0.1, 0.15) is 34.5 Å². The quantitative estimate of drug-likeness (QED) is 0.507. The van der Waals surface area contributed by atoms with Gasteiger partial charge in [0.1, 0.15) is 11.3 Å². The van der Waals surface area contributed by atoms with Crippen molar-refractivity contribution in [3.8, 4) is 5.75 Å². The molecule has 0 spiro atoms. The Balaban J connectivity index is 2.05. The maximum absolute atomic E-state index is 13.2. The van der Waals surface area contributed by atoms with E-state index in [0.29, 0.717) is 23.9 Å². The number of benzene rings is 2. The van der Waals surface area contributed by atoms with Gasteiger partial charge in [-0.25, -0.2) is 4.39 Å². The standard InChI is InChI=1S/C21H22FN3O2/c1-13(14-6-8-15(22)9-7-14)25(3)11-17-18(12-26)21(27)20-16(19(17)23-2)5-4-10-24-20/h4-10,12-13,23,27H,11H2,1-3H3. The van der Waals surface area contributed by atoms with Crippen LogP contribution in [0.15, 0.2) is 42.6 Å². The maximum Gasteiger partial charge on any atom is 0.154 e. The van der Waals surface area contributed by atoms with E-state index in [1.54, 1.807) is 31.4 Å². The molecule has 0 fully saturated rings. The molecule has 5 nitrogen and oxygen atoms in total. The molecule has 1 atom stereocenters. The average molecular weight is 367 g/mol. The minimum atomic E-state index is -0.277. The molecule has 0 bridgehead atoms. The molecule has 0 aliphatic rings. The number of aromatic nitrogens is 1. The van der Waals surface area contributed by atoms with Crippen molar-refractivity contribution in [1.29, 1.82) is 0 Å². The van der Waals surface area contributed by atoms with E-state index in [9.17, 15) is 14.3 Å². The van der Waals surface area contributed by atoms with Crippen molar-refractivity contribution in [2.24, 2.45) is 0 Å². The summed E-state index contributed by atoms with van der Waals surface area (Å²) in [7, 11) is 3.70. The molecule has 3 rings (SSSR count). The summed E-state index contributed by atoms with van der Waals surface area (Å²) in [6.45, 7) is 2.43. The monoisotopic (exact) mass is 367 g/mol. The molecule has 0 aliphatic carbocycles. The van der Waals surface area contributed by atoms with Crippen molar-refractivity contribution in [2.75, 3.05) is 19.4 Å². The first-order valence-electron chi connectivity index (χ1n) is 8.69. The number of nitrogens with zero attached hydrogens (tertiary/aromatic N) is 2. The number of carbonyl (C=O) groups is 1. The number of phenolic OH excluding ortho intramolecular Hbond substituents is 1. The van der Waals surface area contributed by atoms with E-state index in [1.165, 1.54) is 12.1 Å². The summed E-state index contributed by atoms with van der Waals surface area (Å²) in [5.41, 5.74) is 3.04. The van der Waals surface area contributed by atoms with E-state index >= 15 is 0 Å². The van der Waals surface area contributed by atoms with Crippen LogP contribution in [0.2, 0.25) is 0 Å². The van der Waals surface area contributed by atoms with E-state index in [2.05, 4.69) is 10.3 Å². The highest BCUT2D eigenvalue weighted by Crippen LogP contribution is 2.38. The van der Waals surface area contributed by atoms with Gasteiger partial charge < -0.3 is 10.4 Å². The van der Waals surface area contributed by atoms with Crippen LogP contribution in [0.25, 0.3) is 10.9 Å². The van der Waals surface area contributed by atoms with E-state index in [0.717, 1.165) is 16.6 Å². The number of aromatic hydroxyl groups is 1. The molecule has 0 saturated heterocycles. The molecule has 1 unspecified atom stereocenters. The molecular formula is C21H22FN3O2. The fourth-order valence-corrected chi connectivity index (χ4v) is 3.32. The molecular weight excluding hydrogens is 345 g/mol. The molecule has 140 valence electrons. The zero-order valence-corrected chi connectivity index (χ0v) is 15.5. The van der Waals surface area contributed by atoms with Gasteiger partial charge in [0.25, 0.3) is 0 Å². The predicted molar refractivity (Wildman–Crippen MR) is 105 cm³/mol. The highest BCUT2D eigenvalue weighted by molar-refractivity contribution is 6.03. The van der Waals surface area contributed by atoms with Crippen molar-refractivity contribution < 1.29 is 14.3 Å². The second-order valence-corrected chi connectivity index (χ2v) is 6.53. The van der Waals surface area contributed by atoms with E-state index in [1.807, 2.05) is 24.9 Å². The fraction of sp³-hybridized carbons (Fsp3) is 0.238. The maximum atomic E-state index is 13.2. The first-order chi connectivity index (χ1) is 13.0. The van der Waals surface area contributed by atoms with Crippen LogP contribution in [0.5, 0.6) is 5.75 Å². The van der Waals surface area contributed by atoms with Gasteiger partial charge in [-0.1, -0.05) is 12.1 Å². The summed E-state index contributed by atoms with van der Waals surface area (Å²) in [6.07, 6.45) is 2.24. The smallest absolute Gasteiger partial charge is 0.154 e. The van der Waals surface area contributed by atoms with Crippen LogP contribution in [-0.4, -0.2) is 35.4 Å². The highest BCUT2D eigenvalue weighted by atomic mass is 19.1. The number of halogens is 1. The Kier molecular flexibility index (Phi) is 5.37. The Labute approximate surface area is 157 Å². The Bertz CT molecular complexity index is 973. The topological polar surface area (TPSA) is 65.5 Å². The third kappa shape index (κ3) is 3.48. The Morgan fingerprint density at radius 2 is 2.00 bits per heavy atom. The van der Waals surface area contributed by atoms with E-state index < -0.39 is 0 Å². The normalized spacial score (nSPS) is 12.3. The van der Waals surface area contributed by atoms with Gasteiger partial charge in [0.05, 0.1) is 5.56 Å². The third-order valence-electron chi connectivity index (χ3n) is 4.97. The zero-order valence-electron chi connectivity index (χ0n) is 15.5. The lowest BCUT2D eigenvalue weighted by atomic mass is 9.98. The third-order valence-corrected chi connectivity index (χ3v) is 4.97. The molecule has 1 heterocycles. The molecule has 27 heavy (non-hydrogen) atoms. The van der Waals surface area contributed by atoms with Gasteiger partial charge >= 0.3 is 0 Å². The molecule has 1 aromatic heterocycles. The predicted octanol–water partition coefficient (Wildman–Crippen LogP) is 4.13. The summed E-state index contributed by atoms with van der Waals surface area (Å²) in [5.74, 6) is -0.390. The second kappa shape index (κ2) is 7.72. The number of hydrogen-bond donors (Lipinski definition) is 2. The number of phenols is 1. The van der Waals surface area contributed by atoms with Crippen LogP contribution in [0.3, 0.4) is 0 Å². The number of carbonyl (C=O) groups excluding carboxylic acids is 1. The molecule has 0 aliphatic heterocycles. The molecule has 3 aromatic rings. The molecule has 0 saturated carbocycles. The van der Waals surface area contributed by atoms with Crippen molar-refractivity contribution in [3.05, 3.63) is 65.1 Å². The molecule has 2 aromatic carbocycles. The lowest BCUT2D eigenvalue weighted by Crippen LogP contribution is -2.23. The largest absolute Gasteiger partial charge is 0.505 e. The lowest BCUT2D eigenvalue weighted by Gasteiger charge is -2.27. The summed E-state index contributed by atoms with van der Waals surface area (Å²) in [5, 5.41) is 14.5. The van der Waals surface area contributed by atoms with Crippen molar-refractivity contribution >= 4 is 22.9 Å². The lowest BCUT2D eigenvalue weighted by molar-refractivity contribution is 0.111.